The van der Waals surface area contributed by atoms with Crippen LogP contribution in [0.3, 0.4) is 0 Å². The van der Waals surface area contributed by atoms with Crippen LogP contribution in [-0.2, 0) is 0 Å². The molecule has 3 rings (SSSR count). The molecular formula is C27H30Cl2N4O2. The molecule has 2 N–H and O–H groups in total. The van der Waals surface area contributed by atoms with Gasteiger partial charge in [0, 0.05) is 50.4 Å². The van der Waals surface area contributed by atoms with Crippen molar-refractivity contribution in [1.82, 2.24) is 10.2 Å². The minimum atomic E-state index is -0.153. The van der Waals surface area contributed by atoms with E-state index in [0.717, 1.165) is 44.0 Å². The quantitative estimate of drug-likeness (QED) is 0.155. The number of rotatable bonds is 9. The third kappa shape index (κ3) is 7.72. The number of halogens is 2. The maximum absolute atomic E-state index is 12.4. The van der Waals surface area contributed by atoms with Gasteiger partial charge in [-0.2, -0.15) is 0 Å². The summed E-state index contributed by atoms with van der Waals surface area (Å²) in [4.78, 5) is 17.0. The summed E-state index contributed by atoms with van der Waals surface area (Å²) < 4.78 is 0. The molecule has 6 nitrogen and oxygen atoms in total. The van der Waals surface area contributed by atoms with Gasteiger partial charge in [0.2, 0.25) is 0 Å². The number of hydrogen-bond acceptors (Lipinski definition) is 5. The Bertz CT molecular complexity index is 1100. The van der Waals surface area contributed by atoms with Crippen molar-refractivity contribution in [3.8, 4) is 0 Å². The lowest BCUT2D eigenvalue weighted by molar-refractivity contribution is 0.0958. The molecule has 1 amide bonds. The van der Waals surface area contributed by atoms with Gasteiger partial charge in [-0.25, -0.2) is 0 Å². The van der Waals surface area contributed by atoms with E-state index in [-0.39, 0.29) is 5.91 Å². The molecule has 0 bridgehead atoms. The van der Waals surface area contributed by atoms with Crippen molar-refractivity contribution in [1.29, 1.82) is 0 Å². The molecule has 1 aliphatic heterocycles. The summed E-state index contributed by atoms with van der Waals surface area (Å²) in [6.07, 6.45) is 11.3. The molecular weight excluding hydrogens is 483 g/mol. The van der Waals surface area contributed by atoms with Crippen molar-refractivity contribution in [2.75, 3.05) is 44.2 Å². The number of benzene rings is 2. The van der Waals surface area contributed by atoms with Crippen LogP contribution in [0, 0.1) is 0 Å². The number of nitrogens with zero attached hydrogens (tertiary/aromatic N) is 3. The predicted molar refractivity (Wildman–Crippen MR) is 145 cm³/mol. The number of anilines is 1. The number of nitrogens with one attached hydrogen (secondary N) is 1. The lowest BCUT2D eigenvalue weighted by atomic mass is 10.1. The van der Waals surface area contributed by atoms with Crippen LogP contribution in [0.15, 0.2) is 84.1 Å². The first kappa shape index (κ1) is 26.5. The van der Waals surface area contributed by atoms with E-state index in [2.05, 4.69) is 26.3 Å². The number of allylic oxidation sites excluding steroid dienone is 4. The van der Waals surface area contributed by atoms with E-state index < -0.39 is 0 Å². The zero-order chi connectivity index (χ0) is 25.0. The molecule has 2 aromatic rings. The number of hydrogen-bond donors (Lipinski definition) is 2. The van der Waals surface area contributed by atoms with Gasteiger partial charge in [-0.05, 0) is 37.3 Å². The van der Waals surface area contributed by atoms with E-state index in [1.54, 1.807) is 42.5 Å². The predicted octanol–water partition coefficient (Wildman–Crippen LogP) is 5.41. The molecule has 0 aromatic heterocycles. The van der Waals surface area contributed by atoms with Crippen molar-refractivity contribution in [3.05, 3.63) is 100 Å². The molecule has 0 unspecified atom stereocenters. The van der Waals surface area contributed by atoms with E-state index in [0.29, 0.717) is 27.9 Å². The van der Waals surface area contributed by atoms with Gasteiger partial charge in [0.25, 0.3) is 5.91 Å². The number of carbonyl (C=O) groups excluding carboxylic acids is 1. The molecule has 184 valence electrons. The topological polar surface area (TPSA) is 68.2 Å². The monoisotopic (exact) mass is 512 g/mol. The van der Waals surface area contributed by atoms with Crippen LogP contribution in [0.1, 0.15) is 22.8 Å². The molecule has 0 spiro atoms. The highest BCUT2D eigenvalue weighted by Gasteiger charge is 2.19. The molecule has 1 aliphatic rings. The molecule has 1 heterocycles. The second kappa shape index (κ2) is 13.7. The average molecular weight is 513 g/mol. The summed E-state index contributed by atoms with van der Waals surface area (Å²) >= 11 is 12.5. The third-order valence-electron chi connectivity index (χ3n) is 5.66. The molecule has 0 saturated carbocycles. The minimum absolute atomic E-state index is 0.153. The number of piperazine rings is 1. The van der Waals surface area contributed by atoms with Crippen LogP contribution in [0.4, 0.5) is 5.69 Å². The molecule has 1 saturated heterocycles. The Balaban J connectivity index is 1.40. The highest BCUT2D eigenvalue weighted by atomic mass is 35.5. The normalized spacial score (nSPS) is 15.5. The van der Waals surface area contributed by atoms with Gasteiger partial charge in [-0.1, -0.05) is 76.9 Å². The molecule has 0 radical (unpaired) electrons. The maximum Gasteiger partial charge on any atom is 0.251 e. The van der Waals surface area contributed by atoms with Gasteiger partial charge in [0.15, 0.2) is 0 Å². The van der Waals surface area contributed by atoms with E-state index >= 15 is 0 Å². The summed E-state index contributed by atoms with van der Waals surface area (Å²) in [5.41, 5.74) is 2.68. The van der Waals surface area contributed by atoms with E-state index in [9.17, 15) is 10.0 Å². The highest BCUT2D eigenvalue weighted by molar-refractivity contribution is 6.43. The van der Waals surface area contributed by atoms with Gasteiger partial charge in [0.1, 0.15) is 5.71 Å². The standard InChI is InChI=1S/C27H30Cl2N4O2/c1-2-3-4-9-24(31-35)21-11-13-22(14-12-21)27(34)30-15-5-6-16-32-17-19-33(20-18-32)25-10-7-8-23(28)26(25)29/h2-14,35H,15-20H2,1H3,(H,30,34)/b3-2-,6-5+,9-4-,31-24-. The van der Waals surface area contributed by atoms with Crippen molar-refractivity contribution in [3.63, 3.8) is 0 Å². The fourth-order valence-corrected chi connectivity index (χ4v) is 4.12. The van der Waals surface area contributed by atoms with Gasteiger partial charge in [0.05, 0.1) is 15.7 Å². The summed E-state index contributed by atoms with van der Waals surface area (Å²) in [6, 6.07) is 12.7. The lowest BCUT2D eigenvalue weighted by Gasteiger charge is -2.36. The van der Waals surface area contributed by atoms with Crippen LogP contribution in [-0.4, -0.2) is 61.0 Å². The average Bonchev–Trinajstić information content (AvgIpc) is 2.88. The smallest absolute Gasteiger partial charge is 0.251 e. The van der Waals surface area contributed by atoms with Crippen LogP contribution >= 0.6 is 23.2 Å². The fourth-order valence-electron chi connectivity index (χ4n) is 3.71. The number of amides is 1. The van der Waals surface area contributed by atoms with Crippen molar-refractivity contribution >= 4 is 40.5 Å². The summed E-state index contributed by atoms with van der Waals surface area (Å²) in [5, 5.41) is 16.6. The lowest BCUT2D eigenvalue weighted by Crippen LogP contribution is -2.46. The number of carbonyl (C=O) groups is 1. The Morgan fingerprint density at radius 1 is 1.03 bits per heavy atom. The van der Waals surface area contributed by atoms with Gasteiger partial charge >= 0.3 is 0 Å². The largest absolute Gasteiger partial charge is 0.410 e. The Hall–Kier alpha value is -3.06. The van der Waals surface area contributed by atoms with E-state index in [1.807, 2.05) is 37.3 Å². The van der Waals surface area contributed by atoms with Crippen LogP contribution in [0.25, 0.3) is 0 Å². The fraction of sp³-hybridized carbons (Fsp3) is 0.259. The molecule has 2 aromatic carbocycles. The van der Waals surface area contributed by atoms with E-state index in [1.165, 1.54) is 0 Å². The Morgan fingerprint density at radius 2 is 1.74 bits per heavy atom. The van der Waals surface area contributed by atoms with Crippen molar-refractivity contribution in [2.45, 2.75) is 6.92 Å². The van der Waals surface area contributed by atoms with Gasteiger partial charge in [-0.3, -0.25) is 9.69 Å². The molecule has 1 fully saturated rings. The van der Waals surface area contributed by atoms with Gasteiger partial charge < -0.3 is 15.4 Å². The maximum atomic E-state index is 12.4. The van der Waals surface area contributed by atoms with Crippen molar-refractivity contribution < 1.29 is 10.0 Å². The van der Waals surface area contributed by atoms with Gasteiger partial charge in [-0.15, -0.1) is 0 Å². The van der Waals surface area contributed by atoms with Crippen LogP contribution in [0.2, 0.25) is 10.0 Å². The Labute approximate surface area is 216 Å². The molecule has 8 heteroatoms. The molecule has 0 atom stereocenters. The SMILES string of the molecule is C\C=C/C=C\C(=N\O)c1ccc(C(=O)NC/C=C/CN2CCN(c3cccc(Cl)c3Cl)CC2)cc1. The molecule has 0 aliphatic carbocycles. The zero-order valence-corrected chi connectivity index (χ0v) is 21.2. The van der Waals surface area contributed by atoms with Crippen LogP contribution in [0.5, 0.6) is 0 Å². The minimum Gasteiger partial charge on any atom is -0.410 e. The first-order valence-corrected chi connectivity index (χ1v) is 12.3. The summed E-state index contributed by atoms with van der Waals surface area (Å²) in [7, 11) is 0. The second-order valence-electron chi connectivity index (χ2n) is 7.99. The zero-order valence-electron chi connectivity index (χ0n) is 19.7. The molecule has 35 heavy (non-hydrogen) atoms. The second-order valence-corrected chi connectivity index (χ2v) is 8.77. The number of oxime groups is 1. The Kier molecular flexibility index (Phi) is 10.4. The third-order valence-corrected chi connectivity index (χ3v) is 6.47. The highest BCUT2D eigenvalue weighted by Crippen LogP contribution is 2.32. The first-order chi connectivity index (χ1) is 17.0. The van der Waals surface area contributed by atoms with Crippen molar-refractivity contribution in [2.24, 2.45) is 5.16 Å². The summed E-state index contributed by atoms with van der Waals surface area (Å²) in [6.45, 7) is 6.80. The van der Waals surface area contributed by atoms with E-state index in [4.69, 9.17) is 23.2 Å². The summed E-state index contributed by atoms with van der Waals surface area (Å²) in [5.74, 6) is -0.153. The van der Waals surface area contributed by atoms with Crippen LogP contribution < -0.4 is 10.2 Å². The Morgan fingerprint density at radius 3 is 2.43 bits per heavy atom. The first-order valence-electron chi connectivity index (χ1n) is 11.5.